The van der Waals surface area contributed by atoms with Crippen LogP contribution in [0.15, 0.2) is 48.8 Å². The largest absolute Gasteiger partial charge is 0.395 e. The molecule has 1 atom stereocenters. The monoisotopic (exact) mass is 228 g/mol. The Morgan fingerprint density at radius 2 is 2.00 bits per heavy atom. The van der Waals surface area contributed by atoms with Crippen molar-refractivity contribution in [1.82, 2.24) is 4.98 Å². The van der Waals surface area contributed by atoms with Gasteiger partial charge in [-0.25, -0.2) is 0 Å². The second-order valence-corrected chi connectivity index (χ2v) is 4.09. The molecule has 1 aromatic carbocycles. The van der Waals surface area contributed by atoms with Crippen LogP contribution in [-0.2, 0) is 6.42 Å². The number of rotatable bonds is 4. The smallest absolute Gasteiger partial charge is 0.0585 e. The number of benzene rings is 1. The number of hydrogen-bond donors (Lipinski definition) is 2. The molecule has 1 unspecified atom stereocenters. The van der Waals surface area contributed by atoms with E-state index < -0.39 is 0 Å². The Morgan fingerprint density at radius 3 is 2.71 bits per heavy atom. The van der Waals surface area contributed by atoms with E-state index in [0.717, 1.165) is 16.7 Å². The summed E-state index contributed by atoms with van der Waals surface area (Å²) in [6.07, 6.45) is 4.28. The highest BCUT2D eigenvalue weighted by Crippen LogP contribution is 2.19. The van der Waals surface area contributed by atoms with Gasteiger partial charge in [-0.1, -0.05) is 30.3 Å². The average Bonchev–Trinajstić information content (AvgIpc) is 2.40. The van der Waals surface area contributed by atoms with Gasteiger partial charge in [0.05, 0.1) is 6.61 Å². The molecule has 3 nitrogen and oxygen atoms in total. The summed E-state index contributed by atoms with van der Waals surface area (Å²) in [5.74, 6) is 0. The summed E-state index contributed by atoms with van der Waals surface area (Å²) in [6, 6.07) is 11.9. The van der Waals surface area contributed by atoms with E-state index in [1.54, 1.807) is 6.20 Å². The summed E-state index contributed by atoms with van der Waals surface area (Å²) in [7, 11) is 0. The van der Waals surface area contributed by atoms with E-state index in [9.17, 15) is 0 Å². The Hall–Kier alpha value is -1.71. The van der Waals surface area contributed by atoms with Gasteiger partial charge in [-0.15, -0.1) is 0 Å². The predicted octanol–water partition coefficient (Wildman–Crippen LogP) is 1.61. The van der Waals surface area contributed by atoms with Crippen molar-refractivity contribution in [3.8, 4) is 11.1 Å². The summed E-state index contributed by atoms with van der Waals surface area (Å²) in [6.45, 7) is 0.0110. The molecule has 88 valence electrons. The molecule has 0 aliphatic rings. The Balaban J connectivity index is 2.23. The first kappa shape index (κ1) is 11.8. The number of nitrogens with zero attached hydrogens (tertiary/aromatic N) is 1. The normalized spacial score (nSPS) is 12.4. The molecule has 17 heavy (non-hydrogen) atoms. The second kappa shape index (κ2) is 5.57. The van der Waals surface area contributed by atoms with Crippen LogP contribution in [0.5, 0.6) is 0 Å². The minimum absolute atomic E-state index is 0.0110. The molecule has 0 spiro atoms. The fourth-order valence-corrected chi connectivity index (χ4v) is 1.78. The van der Waals surface area contributed by atoms with Crippen molar-refractivity contribution in [1.29, 1.82) is 0 Å². The highest BCUT2D eigenvalue weighted by molar-refractivity contribution is 5.62. The summed E-state index contributed by atoms with van der Waals surface area (Å²) in [5, 5.41) is 8.95. The average molecular weight is 228 g/mol. The van der Waals surface area contributed by atoms with Gasteiger partial charge in [0.15, 0.2) is 0 Å². The molecule has 0 bridgehead atoms. The van der Waals surface area contributed by atoms with E-state index >= 15 is 0 Å². The number of aliphatic hydroxyl groups excluding tert-OH is 1. The minimum atomic E-state index is -0.195. The molecule has 0 radical (unpaired) electrons. The van der Waals surface area contributed by atoms with Crippen LogP contribution >= 0.6 is 0 Å². The van der Waals surface area contributed by atoms with Crippen molar-refractivity contribution in [3.05, 3.63) is 54.4 Å². The third-order valence-corrected chi connectivity index (χ3v) is 2.65. The molecule has 1 aromatic heterocycles. The lowest BCUT2D eigenvalue weighted by atomic mass is 10.0. The lowest BCUT2D eigenvalue weighted by Crippen LogP contribution is -2.26. The lowest BCUT2D eigenvalue weighted by Gasteiger charge is -2.09. The number of aromatic nitrogens is 1. The molecular weight excluding hydrogens is 212 g/mol. The molecule has 0 aliphatic carbocycles. The Labute approximate surface area is 101 Å². The molecule has 0 fully saturated rings. The van der Waals surface area contributed by atoms with Crippen molar-refractivity contribution in [2.45, 2.75) is 12.5 Å². The van der Waals surface area contributed by atoms with E-state index in [4.69, 9.17) is 10.8 Å². The van der Waals surface area contributed by atoms with Gasteiger partial charge in [-0.05, 0) is 29.2 Å². The first-order chi connectivity index (χ1) is 8.29. The van der Waals surface area contributed by atoms with E-state index in [0.29, 0.717) is 6.42 Å². The van der Waals surface area contributed by atoms with Crippen LogP contribution in [0, 0.1) is 0 Å². The Kier molecular flexibility index (Phi) is 3.85. The standard InChI is InChI=1S/C14H16N2O/c15-14(10-17)8-11-3-1-4-12(7-11)13-5-2-6-16-9-13/h1-7,9,14,17H,8,10,15H2. The van der Waals surface area contributed by atoms with Crippen LogP contribution in [0.2, 0.25) is 0 Å². The zero-order valence-electron chi connectivity index (χ0n) is 9.58. The maximum absolute atomic E-state index is 8.95. The van der Waals surface area contributed by atoms with Gasteiger partial charge in [-0.3, -0.25) is 4.98 Å². The zero-order chi connectivity index (χ0) is 12.1. The molecule has 2 rings (SSSR count). The highest BCUT2D eigenvalue weighted by Gasteiger charge is 2.04. The number of pyridine rings is 1. The van der Waals surface area contributed by atoms with Crippen LogP contribution in [0.25, 0.3) is 11.1 Å². The summed E-state index contributed by atoms with van der Waals surface area (Å²) in [4.78, 5) is 4.10. The molecule has 0 saturated heterocycles. The van der Waals surface area contributed by atoms with Crippen molar-refractivity contribution >= 4 is 0 Å². The highest BCUT2D eigenvalue weighted by atomic mass is 16.3. The van der Waals surface area contributed by atoms with Crippen molar-refractivity contribution in [2.75, 3.05) is 6.61 Å². The minimum Gasteiger partial charge on any atom is -0.395 e. The van der Waals surface area contributed by atoms with E-state index in [-0.39, 0.29) is 12.6 Å². The molecule has 0 saturated carbocycles. The van der Waals surface area contributed by atoms with Crippen LogP contribution in [0.3, 0.4) is 0 Å². The van der Waals surface area contributed by atoms with Crippen LogP contribution < -0.4 is 5.73 Å². The molecule has 1 heterocycles. The quantitative estimate of drug-likeness (QED) is 0.835. The van der Waals surface area contributed by atoms with Crippen LogP contribution in [0.4, 0.5) is 0 Å². The fourth-order valence-electron chi connectivity index (χ4n) is 1.78. The summed E-state index contributed by atoms with van der Waals surface area (Å²) >= 11 is 0. The molecule has 3 N–H and O–H groups in total. The molecule has 3 heteroatoms. The summed E-state index contributed by atoms with van der Waals surface area (Å²) in [5.41, 5.74) is 9.08. The maximum Gasteiger partial charge on any atom is 0.0585 e. The molecule has 2 aromatic rings. The Bertz CT molecular complexity index is 471. The molecule has 0 amide bonds. The van der Waals surface area contributed by atoms with Crippen molar-refractivity contribution in [3.63, 3.8) is 0 Å². The number of hydrogen-bond acceptors (Lipinski definition) is 3. The van der Waals surface area contributed by atoms with Gasteiger partial charge in [0, 0.05) is 18.4 Å². The maximum atomic E-state index is 8.95. The first-order valence-corrected chi connectivity index (χ1v) is 5.65. The van der Waals surface area contributed by atoms with Gasteiger partial charge in [0.25, 0.3) is 0 Å². The Morgan fingerprint density at radius 1 is 1.18 bits per heavy atom. The number of aliphatic hydroxyl groups is 1. The molecule has 0 aliphatic heterocycles. The van der Waals surface area contributed by atoms with Crippen molar-refractivity contribution < 1.29 is 5.11 Å². The fraction of sp³-hybridized carbons (Fsp3) is 0.214. The van der Waals surface area contributed by atoms with Gasteiger partial charge >= 0.3 is 0 Å². The number of nitrogens with two attached hydrogens (primary N) is 1. The SMILES string of the molecule is NC(CO)Cc1cccc(-c2cccnc2)c1. The topological polar surface area (TPSA) is 59.1 Å². The second-order valence-electron chi connectivity index (χ2n) is 4.09. The van der Waals surface area contributed by atoms with Gasteiger partial charge < -0.3 is 10.8 Å². The third-order valence-electron chi connectivity index (χ3n) is 2.65. The van der Waals surface area contributed by atoms with Gasteiger partial charge in [0.2, 0.25) is 0 Å². The predicted molar refractivity (Wildman–Crippen MR) is 68.4 cm³/mol. The van der Waals surface area contributed by atoms with Gasteiger partial charge in [0.1, 0.15) is 0 Å². The van der Waals surface area contributed by atoms with E-state index in [1.807, 2.05) is 36.5 Å². The van der Waals surface area contributed by atoms with E-state index in [2.05, 4.69) is 11.1 Å². The van der Waals surface area contributed by atoms with Crippen LogP contribution in [-0.4, -0.2) is 22.7 Å². The van der Waals surface area contributed by atoms with E-state index in [1.165, 1.54) is 0 Å². The first-order valence-electron chi connectivity index (χ1n) is 5.65. The molecular formula is C14H16N2O. The van der Waals surface area contributed by atoms with Gasteiger partial charge in [-0.2, -0.15) is 0 Å². The lowest BCUT2D eigenvalue weighted by molar-refractivity contribution is 0.265. The summed E-state index contributed by atoms with van der Waals surface area (Å²) < 4.78 is 0. The van der Waals surface area contributed by atoms with Crippen molar-refractivity contribution in [2.24, 2.45) is 5.73 Å². The third kappa shape index (κ3) is 3.12. The zero-order valence-corrected chi connectivity index (χ0v) is 9.58. The van der Waals surface area contributed by atoms with Crippen LogP contribution in [0.1, 0.15) is 5.56 Å².